The lowest BCUT2D eigenvalue weighted by Crippen LogP contribution is -2.55. The summed E-state index contributed by atoms with van der Waals surface area (Å²) in [6.07, 6.45) is 4.87. The summed E-state index contributed by atoms with van der Waals surface area (Å²) < 4.78 is 29.0. The van der Waals surface area contributed by atoms with Gasteiger partial charge < -0.3 is 5.73 Å². The molecule has 2 aliphatic rings. The minimum Gasteiger partial charge on any atom is -0.330 e. The van der Waals surface area contributed by atoms with Crippen LogP contribution < -0.4 is 5.73 Å². The molecule has 19 heavy (non-hydrogen) atoms. The van der Waals surface area contributed by atoms with Gasteiger partial charge in [-0.05, 0) is 52.0 Å². The average molecular weight is 289 g/mol. The van der Waals surface area contributed by atoms with Crippen molar-refractivity contribution < 1.29 is 8.42 Å². The Morgan fingerprint density at radius 2 is 1.58 bits per heavy atom. The monoisotopic (exact) mass is 289 g/mol. The van der Waals surface area contributed by atoms with Gasteiger partial charge in [0.2, 0.25) is 0 Å². The van der Waals surface area contributed by atoms with E-state index in [1.807, 2.05) is 13.8 Å². The van der Waals surface area contributed by atoms with Crippen LogP contribution in [0.3, 0.4) is 0 Å². The minimum absolute atomic E-state index is 0.126. The summed E-state index contributed by atoms with van der Waals surface area (Å²) in [5, 5.41) is 0. The van der Waals surface area contributed by atoms with Crippen molar-refractivity contribution in [1.29, 1.82) is 0 Å². The summed E-state index contributed by atoms with van der Waals surface area (Å²) in [6, 6.07) is 0.252. The number of hydrogen-bond donors (Lipinski definition) is 1. The first kappa shape index (κ1) is 15.2. The van der Waals surface area contributed by atoms with Crippen molar-refractivity contribution in [1.82, 2.24) is 8.61 Å². The molecular weight excluding hydrogens is 262 g/mol. The Bertz CT molecular complexity index is 381. The molecule has 0 saturated carbocycles. The number of piperidine rings is 2. The van der Waals surface area contributed by atoms with Gasteiger partial charge in [-0.15, -0.1) is 0 Å². The summed E-state index contributed by atoms with van der Waals surface area (Å²) >= 11 is 0. The van der Waals surface area contributed by atoms with E-state index in [4.69, 9.17) is 5.73 Å². The van der Waals surface area contributed by atoms with E-state index in [1.54, 1.807) is 8.61 Å². The van der Waals surface area contributed by atoms with Crippen LogP contribution in [0.2, 0.25) is 0 Å². The minimum atomic E-state index is -3.29. The Morgan fingerprint density at radius 1 is 1.05 bits per heavy atom. The molecule has 5 nitrogen and oxygen atoms in total. The highest BCUT2D eigenvalue weighted by Crippen LogP contribution is 2.29. The van der Waals surface area contributed by atoms with E-state index in [9.17, 15) is 8.42 Å². The zero-order chi connectivity index (χ0) is 14.0. The van der Waals surface area contributed by atoms with Gasteiger partial charge in [-0.1, -0.05) is 6.42 Å². The van der Waals surface area contributed by atoms with E-state index in [0.29, 0.717) is 25.6 Å². The van der Waals surface area contributed by atoms with Crippen molar-refractivity contribution in [3.8, 4) is 0 Å². The number of rotatable bonds is 3. The Hall–Kier alpha value is -0.170. The quantitative estimate of drug-likeness (QED) is 0.848. The van der Waals surface area contributed by atoms with Crippen LogP contribution in [0.4, 0.5) is 0 Å². The Morgan fingerprint density at radius 3 is 2.05 bits per heavy atom. The van der Waals surface area contributed by atoms with Crippen molar-refractivity contribution in [2.24, 2.45) is 11.7 Å². The average Bonchev–Trinajstić information content (AvgIpc) is 2.38. The molecule has 0 amide bonds. The maximum absolute atomic E-state index is 12.8. The Labute approximate surface area is 117 Å². The highest BCUT2D eigenvalue weighted by atomic mass is 32.2. The zero-order valence-electron chi connectivity index (χ0n) is 12.1. The van der Waals surface area contributed by atoms with Crippen LogP contribution >= 0.6 is 0 Å². The van der Waals surface area contributed by atoms with E-state index in [2.05, 4.69) is 0 Å². The molecule has 0 aliphatic carbocycles. The van der Waals surface area contributed by atoms with E-state index >= 15 is 0 Å². The van der Waals surface area contributed by atoms with Crippen LogP contribution in [0.1, 0.15) is 46.0 Å². The summed E-state index contributed by atoms with van der Waals surface area (Å²) in [5.41, 5.74) is 5.67. The molecule has 0 radical (unpaired) electrons. The molecule has 0 aromatic heterocycles. The predicted molar refractivity (Wildman–Crippen MR) is 76.9 cm³/mol. The third-order valence-electron chi connectivity index (χ3n) is 4.61. The van der Waals surface area contributed by atoms with Crippen LogP contribution in [0.5, 0.6) is 0 Å². The summed E-state index contributed by atoms with van der Waals surface area (Å²) in [4.78, 5) is 0. The second kappa shape index (κ2) is 6.08. The Balaban J connectivity index is 2.09. The number of hydrogen-bond acceptors (Lipinski definition) is 3. The van der Waals surface area contributed by atoms with Crippen LogP contribution in [0, 0.1) is 5.92 Å². The van der Waals surface area contributed by atoms with Gasteiger partial charge in [0.15, 0.2) is 0 Å². The largest absolute Gasteiger partial charge is 0.330 e. The lowest BCUT2D eigenvalue weighted by atomic mass is 9.99. The molecule has 0 aromatic carbocycles. The molecule has 2 rings (SSSR count). The van der Waals surface area contributed by atoms with Gasteiger partial charge in [-0.3, -0.25) is 0 Å². The topological polar surface area (TPSA) is 66.6 Å². The molecule has 2 saturated heterocycles. The fraction of sp³-hybridized carbons (Fsp3) is 1.00. The summed E-state index contributed by atoms with van der Waals surface area (Å²) in [6.45, 7) is 5.98. The van der Waals surface area contributed by atoms with Crippen LogP contribution in [0.25, 0.3) is 0 Å². The first-order valence-corrected chi connectivity index (χ1v) is 8.85. The fourth-order valence-electron chi connectivity index (χ4n) is 3.36. The van der Waals surface area contributed by atoms with Gasteiger partial charge >= 0.3 is 0 Å². The van der Waals surface area contributed by atoms with Gasteiger partial charge in [0.05, 0.1) is 0 Å². The number of nitrogens with zero attached hydrogens (tertiary/aromatic N) is 2. The zero-order valence-corrected chi connectivity index (χ0v) is 12.9. The molecule has 2 fully saturated rings. The second-order valence-corrected chi connectivity index (χ2v) is 7.88. The third-order valence-corrected chi connectivity index (χ3v) is 6.88. The van der Waals surface area contributed by atoms with Crippen molar-refractivity contribution >= 4 is 10.2 Å². The molecule has 0 bridgehead atoms. The molecular formula is C13H27N3O2S. The molecule has 2 atom stereocenters. The standard InChI is InChI=1S/C13H27N3O2S/c1-11-4-3-5-12(2)16(11)19(17,18)15-8-6-13(10-14)7-9-15/h11-13H,3-10,14H2,1-2H3. The van der Waals surface area contributed by atoms with Gasteiger partial charge in [0.1, 0.15) is 0 Å². The van der Waals surface area contributed by atoms with Gasteiger partial charge in [0.25, 0.3) is 10.2 Å². The Kier molecular flexibility index (Phi) is 4.87. The molecule has 2 N–H and O–H groups in total. The smallest absolute Gasteiger partial charge is 0.282 e. The second-order valence-electron chi connectivity index (χ2n) is 6.04. The van der Waals surface area contributed by atoms with E-state index in [-0.39, 0.29) is 12.1 Å². The van der Waals surface area contributed by atoms with Crippen LogP contribution in [-0.4, -0.2) is 48.7 Å². The van der Waals surface area contributed by atoms with Crippen LogP contribution in [-0.2, 0) is 10.2 Å². The van der Waals surface area contributed by atoms with Crippen molar-refractivity contribution in [2.75, 3.05) is 19.6 Å². The third kappa shape index (κ3) is 3.12. The first-order chi connectivity index (χ1) is 8.96. The van der Waals surface area contributed by atoms with Gasteiger partial charge in [-0.2, -0.15) is 17.0 Å². The summed E-state index contributed by atoms with van der Waals surface area (Å²) in [5.74, 6) is 0.489. The molecule has 2 heterocycles. The van der Waals surface area contributed by atoms with Gasteiger partial charge in [0, 0.05) is 25.2 Å². The molecule has 112 valence electrons. The maximum Gasteiger partial charge on any atom is 0.282 e. The number of nitrogens with two attached hydrogens (primary N) is 1. The van der Waals surface area contributed by atoms with Crippen molar-refractivity contribution in [2.45, 2.75) is 58.0 Å². The van der Waals surface area contributed by atoms with E-state index in [1.165, 1.54) is 0 Å². The first-order valence-electron chi connectivity index (χ1n) is 7.45. The molecule has 6 heteroatoms. The van der Waals surface area contributed by atoms with E-state index < -0.39 is 10.2 Å². The SMILES string of the molecule is CC1CCCC(C)N1S(=O)(=O)N1CCC(CN)CC1. The van der Waals surface area contributed by atoms with Crippen molar-refractivity contribution in [3.63, 3.8) is 0 Å². The van der Waals surface area contributed by atoms with Crippen LogP contribution in [0.15, 0.2) is 0 Å². The fourth-order valence-corrected chi connectivity index (χ4v) is 5.42. The normalized spacial score (nSPS) is 32.6. The molecule has 2 aliphatic heterocycles. The molecule has 0 aromatic rings. The van der Waals surface area contributed by atoms with Crippen molar-refractivity contribution in [3.05, 3.63) is 0 Å². The molecule has 0 spiro atoms. The van der Waals surface area contributed by atoms with E-state index in [0.717, 1.165) is 32.1 Å². The highest BCUT2D eigenvalue weighted by Gasteiger charge is 2.39. The summed E-state index contributed by atoms with van der Waals surface area (Å²) in [7, 11) is -3.29. The maximum atomic E-state index is 12.8. The molecule has 2 unspecified atom stereocenters. The predicted octanol–water partition coefficient (Wildman–Crippen LogP) is 1.16. The lowest BCUT2D eigenvalue weighted by Gasteiger charge is -2.42. The lowest BCUT2D eigenvalue weighted by molar-refractivity contribution is 0.178. The van der Waals surface area contributed by atoms with Gasteiger partial charge in [-0.25, -0.2) is 0 Å². The highest BCUT2D eigenvalue weighted by molar-refractivity contribution is 7.86.